The Morgan fingerprint density at radius 1 is 0.872 bits per heavy atom. The summed E-state index contributed by atoms with van der Waals surface area (Å²) in [7, 11) is 0. The SMILES string of the molecule is C[C@H](CC[C@@H](O)C(C)(C)O)[C@@H]1CC[C@]2(C)[C@H]3CC[C@H]4[C@](C)(C(=O)O[C@H]5O[C@@H](CO)[C@H](O)[C@@H](O)[C@@H]5O)[C@@H](O)C[C@@H](O)[C@@]4(C)[C@@H]3CC[C@@]12C. The molecule has 4 aliphatic carbocycles. The predicted octanol–water partition coefficient (Wildman–Crippen LogP) is 1.87. The Bertz CT molecular complexity index is 1140. The zero-order chi connectivity index (χ0) is 35.1. The van der Waals surface area contributed by atoms with E-state index in [2.05, 4.69) is 27.7 Å². The molecule has 4 saturated carbocycles. The molecule has 47 heavy (non-hydrogen) atoms. The van der Waals surface area contributed by atoms with Gasteiger partial charge in [-0.1, -0.05) is 27.7 Å². The fourth-order valence-corrected chi connectivity index (χ4v) is 11.8. The zero-order valence-corrected chi connectivity index (χ0v) is 29.4. The number of hydrogen-bond acceptors (Lipinski definition) is 11. The lowest BCUT2D eigenvalue weighted by atomic mass is 9.37. The van der Waals surface area contributed by atoms with Crippen LogP contribution in [0, 0.1) is 51.2 Å². The van der Waals surface area contributed by atoms with Gasteiger partial charge < -0.3 is 50.3 Å². The van der Waals surface area contributed by atoms with E-state index in [9.17, 15) is 45.6 Å². The number of carbonyl (C=O) groups excluding carboxylic acids is 1. The summed E-state index contributed by atoms with van der Waals surface area (Å²) >= 11 is 0. The van der Waals surface area contributed by atoms with E-state index in [1.165, 1.54) is 0 Å². The van der Waals surface area contributed by atoms with Crippen LogP contribution in [0.25, 0.3) is 0 Å². The fraction of sp³-hybridized carbons (Fsp3) is 0.972. The van der Waals surface area contributed by atoms with Crippen LogP contribution in [-0.2, 0) is 14.3 Å². The summed E-state index contributed by atoms with van der Waals surface area (Å²) in [6.45, 7) is 13.5. The van der Waals surface area contributed by atoms with Crippen molar-refractivity contribution in [1.29, 1.82) is 0 Å². The molecule has 1 aliphatic heterocycles. The first-order chi connectivity index (χ1) is 21.7. The molecule has 0 radical (unpaired) electrons. The standard InChI is InChI=1S/C36H62O11/c1-18(8-11-24(38)32(2,3)45)19-12-14-34(5)20-9-10-23-35(6,21(20)13-15-33(19,34)4)25(39)16-26(40)36(23,7)31(44)47-30-29(43)28(42)27(41)22(17-37)46-30/h18-30,37-43,45H,8-17H2,1-7H3/t18-,19+,20+,21-,22+,23-,24-,25-,26+,27+,28-,29+,30-,33+,34-,35+,36+/m1/s1. The third kappa shape index (κ3) is 5.62. The number of rotatable bonds is 8. The first kappa shape index (κ1) is 37.4. The molecular formula is C36H62O11. The molecule has 0 unspecified atom stereocenters. The van der Waals surface area contributed by atoms with Crippen molar-refractivity contribution in [1.82, 2.24) is 0 Å². The molecule has 0 aromatic carbocycles. The quantitative estimate of drug-likeness (QED) is 0.176. The number of ether oxygens (including phenoxy) is 2. The Labute approximate surface area is 279 Å². The molecule has 0 bridgehead atoms. The van der Waals surface area contributed by atoms with Crippen LogP contribution in [0.2, 0.25) is 0 Å². The van der Waals surface area contributed by atoms with Crippen molar-refractivity contribution in [2.24, 2.45) is 51.2 Å². The van der Waals surface area contributed by atoms with Crippen LogP contribution in [0.1, 0.15) is 106 Å². The molecule has 0 aromatic heterocycles. The highest BCUT2D eigenvalue weighted by Crippen LogP contribution is 2.74. The second-order valence-electron chi connectivity index (χ2n) is 17.6. The van der Waals surface area contributed by atoms with Gasteiger partial charge in [0.1, 0.15) is 24.4 Å². The highest BCUT2D eigenvalue weighted by molar-refractivity contribution is 5.78. The first-order valence-electron chi connectivity index (χ1n) is 18.0. The molecule has 5 fully saturated rings. The summed E-state index contributed by atoms with van der Waals surface area (Å²) in [6, 6.07) is 0. The lowest BCUT2D eigenvalue weighted by Gasteiger charge is -2.68. The van der Waals surface area contributed by atoms with Crippen LogP contribution in [-0.4, -0.2) is 108 Å². The van der Waals surface area contributed by atoms with Crippen LogP contribution >= 0.6 is 0 Å². The molecule has 11 nitrogen and oxygen atoms in total. The Morgan fingerprint density at radius 3 is 2.13 bits per heavy atom. The summed E-state index contributed by atoms with van der Waals surface area (Å²) in [5, 5.41) is 84.7. The van der Waals surface area contributed by atoms with E-state index in [0.29, 0.717) is 30.6 Å². The highest BCUT2D eigenvalue weighted by Gasteiger charge is 2.71. The fourth-order valence-electron chi connectivity index (χ4n) is 11.8. The summed E-state index contributed by atoms with van der Waals surface area (Å²) < 4.78 is 11.1. The molecule has 0 spiro atoms. The second-order valence-corrected chi connectivity index (χ2v) is 17.6. The van der Waals surface area contributed by atoms with E-state index in [4.69, 9.17) is 9.47 Å². The summed E-state index contributed by atoms with van der Waals surface area (Å²) in [5.74, 6) is 0.0122. The Balaban J connectivity index is 1.38. The third-order valence-electron chi connectivity index (χ3n) is 15.2. The first-order valence-corrected chi connectivity index (χ1v) is 18.0. The maximum absolute atomic E-state index is 14.1. The topological polar surface area (TPSA) is 197 Å². The molecule has 0 amide bonds. The van der Waals surface area contributed by atoms with Crippen molar-refractivity contribution in [3.63, 3.8) is 0 Å². The Kier molecular flexibility index (Phi) is 10.1. The van der Waals surface area contributed by atoms with Crippen molar-refractivity contribution < 1.29 is 55.1 Å². The van der Waals surface area contributed by atoms with Gasteiger partial charge >= 0.3 is 5.97 Å². The monoisotopic (exact) mass is 670 g/mol. The van der Waals surface area contributed by atoms with E-state index in [-0.39, 0.29) is 23.2 Å². The lowest BCUT2D eigenvalue weighted by molar-refractivity contribution is -0.303. The van der Waals surface area contributed by atoms with Crippen molar-refractivity contribution in [3.8, 4) is 0 Å². The molecule has 1 saturated heterocycles. The predicted molar refractivity (Wildman–Crippen MR) is 171 cm³/mol. The summed E-state index contributed by atoms with van der Waals surface area (Å²) in [5.41, 5.74) is -3.21. The minimum Gasteiger partial charge on any atom is -0.432 e. The lowest BCUT2D eigenvalue weighted by Crippen LogP contribution is -2.68. The molecule has 8 N–H and O–H groups in total. The molecule has 17 atom stereocenters. The van der Waals surface area contributed by atoms with Gasteiger partial charge in [0.2, 0.25) is 6.29 Å². The van der Waals surface area contributed by atoms with Crippen LogP contribution in [0.3, 0.4) is 0 Å². The van der Waals surface area contributed by atoms with Crippen molar-refractivity contribution >= 4 is 5.97 Å². The van der Waals surface area contributed by atoms with Crippen molar-refractivity contribution in [2.45, 2.75) is 161 Å². The molecule has 1 heterocycles. The van der Waals surface area contributed by atoms with Gasteiger partial charge in [-0.3, -0.25) is 4.79 Å². The van der Waals surface area contributed by atoms with Crippen LogP contribution in [0.5, 0.6) is 0 Å². The Hall–Kier alpha value is -0.890. The van der Waals surface area contributed by atoms with Gasteiger partial charge in [-0.05, 0) is 113 Å². The van der Waals surface area contributed by atoms with E-state index in [0.717, 1.165) is 38.5 Å². The van der Waals surface area contributed by atoms with Crippen LogP contribution in [0.15, 0.2) is 0 Å². The summed E-state index contributed by atoms with van der Waals surface area (Å²) in [4.78, 5) is 14.1. The smallest absolute Gasteiger partial charge is 0.317 e. The molecule has 272 valence electrons. The van der Waals surface area contributed by atoms with Crippen LogP contribution in [0.4, 0.5) is 0 Å². The molecular weight excluding hydrogens is 608 g/mol. The normalized spacial score (nSPS) is 51.3. The minimum absolute atomic E-state index is 0.000705. The second kappa shape index (κ2) is 12.7. The highest BCUT2D eigenvalue weighted by atomic mass is 16.7. The average molecular weight is 671 g/mol. The maximum atomic E-state index is 14.1. The maximum Gasteiger partial charge on any atom is 0.317 e. The largest absolute Gasteiger partial charge is 0.432 e. The number of aliphatic hydroxyl groups is 8. The number of esters is 1. The van der Waals surface area contributed by atoms with E-state index in [1.807, 2.05) is 0 Å². The molecule has 0 aromatic rings. The minimum atomic E-state index is -1.75. The van der Waals surface area contributed by atoms with Gasteiger partial charge in [0.15, 0.2) is 0 Å². The van der Waals surface area contributed by atoms with Crippen molar-refractivity contribution in [2.75, 3.05) is 6.61 Å². The van der Waals surface area contributed by atoms with Gasteiger partial charge in [0, 0.05) is 11.8 Å². The zero-order valence-electron chi connectivity index (χ0n) is 29.4. The summed E-state index contributed by atoms with van der Waals surface area (Å²) in [6.07, 6.45) is -3.96. The van der Waals surface area contributed by atoms with Gasteiger partial charge in [0.05, 0.1) is 35.9 Å². The number of carbonyl (C=O) groups is 1. The third-order valence-corrected chi connectivity index (χ3v) is 15.2. The molecule has 11 heteroatoms. The Morgan fingerprint density at radius 2 is 1.51 bits per heavy atom. The number of hydrogen-bond donors (Lipinski definition) is 8. The molecule has 5 aliphatic rings. The number of aliphatic hydroxyl groups excluding tert-OH is 7. The molecule has 5 rings (SSSR count). The van der Waals surface area contributed by atoms with Gasteiger partial charge in [-0.15, -0.1) is 0 Å². The van der Waals surface area contributed by atoms with E-state index >= 15 is 0 Å². The van der Waals surface area contributed by atoms with Gasteiger partial charge in [0.25, 0.3) is 0 Å². The van der Waals surface area contributed by atoms with Crippen LogP contribution < -0.4 is 0 Å². The van der Waals surface area contributed by atoms with E-state index < -0.39 is 83.9 Å². The average Bonchev–Trinajstić information content (AvgIpc) is 3.29. The van der Waals surface area contributed by atoms with Crippen molar-refractivity contribution in [3.05, 3.63) is 0 Å². The van der Waals surface area contributed by atoms with Gasteiger partial charge in [-0.2, -0.15) is 0 Å². The van der Waals surface area contributed by atoms with E-state index in [1.54, 1.807) is 20.8 Å². The number of fused-ring (bicyclic) bond motifs is 5. The van der Waals surface area contributed by atoms with Gasteiger partial charge in [-0.25, -0.2) is 0 Å².